The van der Waals surface area contributed by atoms with Crippen LogP contribution in [0.3, 0.4) is 0 Å². The maximum Gasteiger partial charge on any atom is 0.123 e. The van der Waals surface area contributed by atoms with Gasteiger partial charge >= 0.3 is 0 Å². The molecule has 2 aromatic carbocycles. The molecule has 0 aromatic heterocycles. The van der Waals surface area contributed by atoms with Crippen molar-refractivity contribution in [3.63, 3.8) is 0 Å². The third kappa shape index (κ3) is 4.18. The predicted octanol–water partition coefficient (Wildman–Crippen LogP) is 5.06. The number of hydrogen-bond donors (Lipinski definition) is 2. The molecular formula is C15H16ClIN2O. The second kappa shape index (κ2) is 6.54. The summed E-state index contributed by atoms with van der Waals surface area (Å²) >= 11 is 8.44. The van der Waals surface area contributed by atoms with Gasteiger partial charge in [0.25, 0.3) is 0 Å². The Bertz CT molecular complexity index is 617. The molecule has 0 saturated carbocycles. The van der Waals surface area contributed by atoms with Gasteiger partial charge < -0.3 is 15.8 Å². The second-order valence-electron chi connectivity index (χ2n) is 4.71. The van der Waals surface area contributed by atoms with Gasteiger partial charge in [-0.05, 0) is 60.7 Å². The lowest BCUT2D eigenvalue weighted by molar-refractivity contribution is 0.242. The van der Waals surface area contributed by atoms with E-state index in [1.54, 1.807) is 6.07 Å². The lowest BCUT2D eigenvalue weighted by Gasteiger charge is -2.14. The highest BCUT2D eigenvalue weighted by molar-refractivity contribution is 14.1. The Morgan fingerprint density at radius 1 is 1.20 bits per heavy atom. The van der Waals surface area contributed by atoms with Crippen LogP contribution in [0.5, 0.6) is 5.75 Å². The zero-order valence-electron chi connectivity index (χ0n) is 11.3. The van der Waals surface area contributed by atoms with Crippen LogP contribution >= 0.6 is 34.2 Å². The van der Waals surface area contributed by atoms with E-state index in [9.17, 15) is 0 Å². The molecule has 0 bridgehead atoms. The van der Waals surface area contributed by atoms with Gasteiger partial charge in [0.1, 0.15) is 5.75 Å². The van der Waals surface area contributed by atoms with Gasteiger partial charge in [-0.1, -0.05) is 11.6 Å². The van der Waals surface area contributed by atoms with Crippen molar-refractivity contribution in [3.05, 3.63) is 45.0 Å². The van der Waals surface area contributed by atoms with Crippen molar-refractivity contribution in [3.8, 4) is 5.75 Å². The molecule has 5 heteroatoms. The minimum atomic E-state index is 0.103. The third-order valence-corrected chi connectivity index (χ3v) is 3.49. The number of anilines is 3. The predicted molar refractivity (Wildman–Crippen MR) is 94.1 cm³/mol. The van der Waals surface area contributed by atoms with Crippen LogP contribution in [0, 0.1) is 3.57 Å². The topological polar surface area (TPSA) is 47.3 Å². The summed E-state index contributed by atoms with van der Waals surface area (Å²) < 4.78 is 6.76. The minimum absolute atomic E-state index is 0.103. The average molecular weight is 403 g/mol. The molecule has 2 aromatic rings. The highest BCUT2D eigenvalue weighted by Gasteiger charge is 2.05. The van der Waals surface area contributed by atoms with Gasteiger partial charge in [0, 0.05) is 27.1 Å². The first-order chi connectivity index (χ1) is 9.44. The van der Waals surface area contributed by atoms with Gasteiger partial charge in [0.05, 0.1) is 16.8 Å². The molecule has 0 aliphatic carbocycles. The van der Waals surface area contributed by atoms with Crippen LogP contribution in [0.15, 0.2) is 36.4 Å². The highest BCUT2D eigenvalue weighted by atomic mass is 127. The molecule has 3 nitrogen and oxygen atoms in total. The number of nitrogens with one attached hydrogen (secondary N) is 1. The molecule has 0 spiro atoms. The summed E-state index contributed by atoms with van der Waals surface area (Å²) in [6.07, 6.45) is 0.103. The number of benzene rings is 2. The van der Waals surface area contributed by atoms with E-state index in [0.717, 1.165) is 20.7 Å². The summed E-state index contributed by atoms with van der Waals surface area (Å²) in [5, 5.41) is 3.93. The molecular weight excluding hydrogens is 387 g/mol. The molecule has 2 rings (SSSR count). The molecule has 0 aliphatic heterocycles. The summed E-state index contributed by atoms with van der Waals surface area (Å²) in [6.45, 7) is 3.96. The molecule has 3 N–H and O–H groups in total. The van der Waals surface area contributed by atoms with Crippen LogP contribution < -0.4 is 15.8 Å². The Balaban J connectivity index is 2.26. The van der Waals surface area contributed by atoms with Crippen molar-refractivity contribution in [2.24, 2.45) is 0 Å². The molecule has 0 radical (unpaired) electrons. The number of ether oxygens (including phenoxy) is 1. The van der Waals surface area contributed by atoms with Gasteiger partial charge in [-0.25, -0.2) is 0 Å². The van der Waals surface area contributed by atoms with Crippen molar-refractivity contribution in [2.45, 2.75) is 20.0 Å². The molecule has 0 aliphatic rings. The van der Waals surface area contributed by atoms with E-state index < -0.39 is 0 Å². The van der Waals surface area contributed by atoms with Crippen molar-refractivity contribution in [1.82, 2.24) is 0 Å². The van der Waals surface area contributed by atoms with Gasteiger partial charge in [-0.15, -0.1) is 0 Å². The van der Waals surface area contributed by atoms with E-state index in [1.807, 2.05) is 44.2 Å². The lowest BCUT2D eigenvalue weighted by atomic mass is 10.2. The molecule has 0 heterocycles. The van der Waals surface area contributed by atoms with Gasteiger partial charge in [0.2, 0.25) is 0 Å². The largest absolute Gasteiger partial charge is 0.491 e. The Hall–Kier alpha value is -1.14. The standard InChI is InChI=1S/C15H16ClIN2O/c1-9(2)20-13-7-11(18)6-12(8-13)19-15-4-3-10(17)5-14(15)16/h3-9,19H,18H2,1-2H3. The molecule has 0 atom stereocenters. The molecule has 0 unspecified atom stereocenters. The van der Waals surface area contributed by atoms with Crippen LogP contribution in [0.25, 0.3) is 0 Å². The Kier molecular flexibility index (Phi) is 4.99. The third-order valence-electron chi connectivity index (χ3n) is 2.51. The van der Waals surface area contributed by atoms with Crippen LogP contribution in [0.4, 0.5) is 17.1 Å². The average Bonchev–Trinajstić information content (AvgIpc) is 2.31. The SMILES string of the molecule is CC(C)Oc1cc(N)cc(Nc2ccc(I)cc2Cl)c1. The highest BCUT2D eigenvalue weighted by Crippen LogP contribution is 2.30. The van der Waals surface area contributed by atoms with Crippen LogP contribution in [-0.4, -0.2) is 6.10 Å². The van der Waals surface area contributed by atoms with Crippen molar-refractivity contribution < 1.29 is 4.74 Å². The first-order valence-corrected chi connectivity index (χ1v) is 7.69. The normalized spacial score (nSPS) is 10.7. The Morgan fingerprint density at radius 3 is 2.60 bits per heavy atom. The summed E-state index contributed by atoms with van der Waals surface area (Å²) in [6, 6.07) is 11.4. The first kappa shape index (κ1) is 15.3. The van der Waals surface area contributed by atoms with E-state index in [4.69, 9.17) is 22.1 Å². The van der Waals surface area contributed by atoms with Crippen LogP contribution in [-0.2, 0) is 0 Å². The van der Waals surface area contributed by atoms with Crippen LogP contribution in [0.2, 0.25) is 5.02 Å². The van der Waals surface area contributed by atoms with E-state index >= 15 is 0 Å². The Morgan fingerprint density at radius 2 is 1.95 bits per heavy atom. The fourth-order valence-electron chi connectivity index (χ4n) is 1.78. The first-order valence-electron chi connectivity index (χ1n) is 6.23. The smallest absolute Gasteiger partial charge is 0.123 e. The monoisotopic (exact) mass is 402 g/mol. The fourth-order valence-corrected chi connectivity index (χ4v) is 2.68. The van der Waals surface area contributed by atoms with Gasteiger partial charge in [-0.3, -0.25) is 0 Å². The maximum atomic E-state index is 6.21. The van der Waals surface area contributed by atoms with Gasteiger partial charge in [-0.2, -0.15) is 0 Å². The number of rotatable bonds is 4. The molecule has 0 amide bonds. The lowest BCUT2D eigenvalue weighted by Crippen LogP contribution is -2.06. The summed E-state index contributed by atoms with van der Waals surface area (Å²) in [5.41, 5.74) is 8.23. The van der Waals surface area contributed by atoms with Crippen LogP contribution in [0.1, 0.15) is 13.8 Å². The van der Waals surface area contributed by atoms with Crippen molar-refractivity contribution in [1.29, 1.82) is 0 Å². The van der Waals surface area contributed by atoms with E-state index in [1.165, 1.54) is 0 Å². The zero-order valence-corrected chi connectivity index (χ0v) is 14.2. The fraction of sp³-hybridized carbons (Fsp3) is 0.200. The number of nitrogens with two attached hydrogens (primary N) is 1. The second-order valence-corrected chi connectivity index (χ2v) is 6.36. The molecule has 0 fully saturated rings. The van der Waals surface area contributed by atoms with Crippen molar-refractivity contribution >= 4 is 51.3 Å². The number of hydrogen-bond acceptors (Lipinski definition) is 3. The summed E-state index contributed by atoms with van der Waals surface area (Å²) in [4.78, 5) is 0. The number of nitrogen functional groups attached to an aromatic ring is 1. The van der Waals surface area contributed by atoms with E-state index in [0.29, 0.717) is 10.7 Å². The molecule has 20 heavy (non-hydrogen) atoms. The summed E-state index contributed by atoms with van der Waals surface area (Å²) in [7, 11) is 0. The number of halogens is 2. The zero-order chi connectivity index (χ0) is 14.7. The molecule has 0 saturated heterocycles. The molecule has 106 valence electrons. The quantitative estimate of drug-likeness (QED) is 0.555. The van der Waals surface area contributed by atoms with Crippen molar-refractivity contribution in [2.75, 3.05) is 11.1 Å². The Labute approximate surface area is 137 Å². The van der Waals surface area contributed by atoms with Gasteiger partial charge in [0.15, 0.2) is 0 Å². The van der Waals surface area contributed by atoms with E-state index in [2.05, 4.69) is 27.9 Å². The minimum Gasteiger partial charge on any atom is -0.491 e. The van der Waals surface area contributed by atoms with E-state index in [-0.39, 0.29) is 6.10 Å². The summed E-state index contributed by atoms with van der Waals surface area (Å²) in [5.74, 6) is 0.740. The maximum absolute atomic E-state index is 6.21.